The maximum absolute atomic E-state index is 13.3. The van der Waals surface area contributed by atoms with E-state index in [0.717, 1.165) is 15.4 Å². The van der Waals surface area contributed by atoms with Crippen LogP contribution in [0, 0.1) is 13.8 Å². The Morgan fingerprint density at radius 1 is 0.897 bits per heavy atom. The summed E-state index contributed by atoms with van der Waals surface area (Å²) in [6, 6.07) is 20.2. The summed E-state index contributed by atoms with van der Waals surface area (Å²) in [6.07, 6.45) is 0. The first-order valence-electron chi connectivity index (χ1n) is 8.88. The van der Waals surface area contributed by atoms with Crippen LogP contribution in [0.15, 0.2) is 82.2 Å². The summed E-state index contributed by atoms with van der Waals surface area (Å²) < 4.78 is 33.6. The lowest BCUT2D eigenvalue weighted by molar-refractivity contribution is -0.119. The van der Waals surface area contributed by atoms with Crippen LogP contribution >= 0.6 is 15.9 Å². The molecule has 0 atom stereocenters. The van der Waals surface area contributed by atoms with E-state index >= 15 is 0 Å². The average molecular weight is 474 g/mol. The smallest absolute Gasteiger partial charge is 0.278 e. The third-order valence-electron chi connectivity index (χ3n) is 4.24. The second-order valence-corrected chi connectivity index (χ2v) is 9.17. The van der Waals surface area contributed by atoms with Crippen LogP contribution in [-0.2, 0) is 14.8 Å². The van der Waals surface area contributed by atoms with E-state index in [1.165, 1.54) is 12.1 Å². The van der Waals surface area contributed by atoms with Crippen molar-refractivity contribution in [1.82, 2.24) is 0 Å². The number of ether oxygens (including phenoxy) is 1. The monoisotopic (exact) mass is 473 g/mol. The Kier molecular flexibility index (Phi) is 6.39. The number of hydrogen-bond acceptors (Lipinski definition) is 4. The van der Waals surface area contributed by atoms with Gasteiger partial charge in [-0.25, -0.2) is 8.42 Å². The predicted molar refractivity (Wildman–Crippen MR) is 117 cm³/mol. The first kappa shape index (κ1) is 21.1. The van der Waals surface area contributed by atoms with Gasteiger partial charge in [0.15, 0.2) is 6.61 Å². The van der Waals surface area contributed by atoms with Crippen LogP contribution in [-0.4, -0.2) is 20.9 Å². The summed E-state index contributed by atoms with van der Waals surface area (Å²) in [4.78, 5) is 13.0. The summed E-state index contributed by atoms with van der Waals surface area (Å²) in [5.74, 6) is -0.234. The van der Waals surface area contributed by atoms with Gasteiger partial charge in [-0.1, -0.05) is 47.5 Å². The first-order valence-corrected chi connectivity index (χ1v) is 11.1. The minimum absolute atomic E-state index is 0.0397. The number of benzene rings is 3. The molecule has 7 heteroatoms. The number of amides is 1. The van der Waals surface area contributed by atoms with Gasteiger partial charge in [-0.3, -0.25) is 4.79 Å². The quantitative estimate of drug-likeness (QED) is 0.512. The minimum atomic E-state index is -4.11. The molecule has 0 spiro atoms. The van der Waals surface area contributed by atoms with Crippen molar-refractivity contribution in [1.29, 1.82) is 0 Å². The molecule has 3 aromatic rings. The van der Waals surface area contributed by atoms with Crippen molar-refractivity contribution in [3.05, 3.63) is 88.4 Å². The van der Waals surface area contributed by atoms with E-state index in [-0.39, 0.29) is 10.6 Å². The normalized spacial score (nSPS) is 11.1. The Labute approximate surface area is 179 Å². The van der Waals surface area contributed by atoms with E-state index in [4.69, 9.17) is 4.74 Å². The van der Waals surface area contributed by atoms with Gasteiger partial charge in [0, 0.05) is 0 Å². The zero-order valence-corrected chi connectivity index (χ0v) is 18.4. The van der Waals surface area contributed by atoms with Crippen LogP contribution in [0.3, 0.4) is 0 Å². The SMILES string of the molecule is Cc1ccc(N(C(=O)COc2ccccc2Br)S(=O)(=O)c2ccc(C)cc2)cc1. The highest BCUT2D eigenvalue weighted by atomic mass is 79.9. The minimum Gasteiger partial charge on any atom is -0.483 e. The summed E-state index contributed by atoms with van der Waals surface area (Å²) in [7, 11) is -4.11. The van der Waals surface area contributed by atoms with Crippen LogP contribution < -0.4 is 9.04 Å². The standard InChI is InChI=1S/C22H20BrNO4S/c1-16-7-11-18(12-8-16)24(29(26,27)19-13-9-17(2)10-14-19)22(25)15-28-21-6-4-3-5-20(21)23/h3-14H,15H2,1-2H3. The van der Waals surface area contributed by atoms with Crippen LogP contribution in [0.2, 0.25) is 0 Å². The van der Waals surface area contributed by atoms with Gasteiger partial charge in [0.2, 0.25) is 0 Å². The molecule has 0 aliphatic rings. The third kappa shape index (κ3) is 4.86. The van der Waals surface area contributed by atoms with Crippen molar-refractivity contribution >= 4 is 37.5 Å². The van der Waals surface area contributed by atoms with Crippen molar-refractivity contribution in [2.45, 2.75) is 18.7 Å². The van der Waals surface area contributed by atoms with Crippen molar-refractivity contribution in [3.8, 4) is 5.75 Å². The molecule has 29 heavy (non-hydrogen) atoms. The Balaban J connectivity index is 1.96. The number of hydrogen-bond donors (Lipinski definition) is 0. The highest BCUT2D eigenvalue weighted by molar-refractivity contribution is 9.10. The second kappa shape index (κ2) is 8.80. The number of para-hydroxylation sites is 1. The molecule has 0 unspecified atom stereocenters. The fourth-order valence-corrected chi connectivity index (χ4v) is 4.48. The Bertz CT molecular complexity index is 1110. The maximum Gasteiger partial charge on any atom is 0.278 e. The van der Waals surface area contributed by atoms with Crippen LogP contribution in [0.25, 0.3) is 0 Å². The molecule has 0 bridgehead atoms. The molecule has 0 saturated heterocycles. The van der Waals surface area contributed by atoms with Crippen molar-refractivity contribution in [2.75, 3.05) is 10.9 Å². The molecule has 3 aromatic carbocycles. The number of aryl methyl sites for hydroxylation is 2. The van der Waals surface area contributed by atoms with E-state index in [1.54, 1.807) is 54.6 Å². The topological polar surface area (TPSA) is 63.7 Å². The van der Waals surface area contributed by atoms with Gasteiger partial charge in [0.25, 0.3) is 15.9 Å². The van der Waals surface area contributed by atoms with Gasteiger partial charge < -0.3 is 4.74 Å². The second-order valence-electron chi connectivity index (χ2n) is 6.53. The molecule has 1 amide bonds. The largest absolute Gasteiger partial charge is 0.483 e. The van der Waals surface area contributed by atoms with Gasteiger partial charge in [-0.15, -0.1) is 0 Å². The number of carbonyl (C=O) groups excluding carboxylic acids is 1. The zero-order valence-electron chi connectivity index (χ0n) is 16.0. The lowest BCUT2D eigenvalue weighted by Crippen LogP contribution is -2.40. The average Bonchev–Trinajstić information content (AvgIpc) is 2.69. The Hall–Kier alpha value is -2.64. The molecule has 0 aliphatic heterocycles. The molecule has 0 saturated carbocycles. The number of nitrogens with zero attached hydrogens (tertiary/aromatic N) is 1. The number of anilines is 1. The van der Waals surface area contributed by atoms with Crippen molar-refractivity contribution in [3.63, 3.8) is 0 Å². The molecule has 0 aromatic heterocycles. The number of halogens is 1. The highest BCUT2D eigenvalue weighted by Gasteiger charge is 2.31. The van der Waals surface area contributed by atoms with Crippen LogP contribution in [0.1, 0.15) is 11.1 Å². The molecule has 0 aliphatic carbocycles. The van der Waals surface area contributed by atoms with E-state index in [0.29, 0.717) is 10.2 Å². The molecular formula is C22H20BrNO4S. The molecule has 5 nitrogen and oxygen atoms in total. The van der Waals surface area contributed by atoms with E-state index in [2.05, 4.69) is 15.9 Å². The number of sulfonamides is 1. The van der Waals surface area contributed by atoms with E-state index < -0.39 is 22.5 Å². The van der Waals surface area contributed by atoms with Gasteiger partial charge in [-0.2, -0.15) is 4.31 Å². The summed E-state index contributed by atoms with van der Waals surface area (Å²) in [5.41, 5.74) is 2.14. The molecule has 0 radical (unpaired) electrons. The van der Waals surface area contributed by atoms with Crippen LogP contribution in [0.5, 0.6) is 5.75 Å². The number of rotatable bonds is 6. The summed E-state index contributed by atoms with van der Waals surface area (Å²) >= 11 is 3.35. The molecular weight excluding hydrogens is 454 g/mol. The molecule has 150 valence electrons. The lowest BCUT2D eigenvalue weighted by Gasteiger charge is -2.23. The van der Waals surface area contributed by atoms with Gasteiger partial charge in [-0.05, 0) is 66.2 Å². The zero-order chi connectivity index (χ0) is 21.0. The predicted octanol–water partition coefficient (Wildman–Crippen LogP) is 4.87. The van der Waals surface area contributed by atoms with Crippen molar-refractivity contribution < 1.29 is 17.9 Å². The van der Waals surface area contributed by atoms with Gasteiger partial charge in [0.05, 0.1) is 15.1 Å². The molecule has 0 fully saturated rings. The summed E-state index contributed by atoms with van der Waals surface area (Å²) in [5, 5.41) is 0. The summed E-state index contributed by atoms with van der Waals surface area (Å²) in [6.45, 7) is 3.33. The molecule has 3 rings (SSSR count). The third-order valence-corrected chi connectivity index (χ3v) is 6.66. The van der Waals surface area contributed by atoms with E-state index in [1.807, 2.05) is 19.9 Å². The fraction of sp³-hybridized carbons (Fsp3) is 0.136. The molecule has 0 heterocycles. The fourth-order valence-electron chi connectivity index (χ4n) is 2.67. The highest BCUT2D eigenvalue weighted by Crippen LogP contribution is 2.27. The maximum atomic E-state index is 13.3. The van der Waals surface area contributed by atoms with E-state index in [9.17, 15) is 13.2 Å². The Morgan fingerprint density at radius 3 is 2.03 bits per heavy atom. The van der Waals surface area contributed by atoms with Gasteiger partial charge in [0.1, 0.15) is 5.75 Å². The van der Waals surface area contributed by atoms with Crippen molar-refractivity contribution in [2.24, 2.45) is 0 Å². The number of carbonyl (C=O) groups is 1. The lowest BCUT2D eigenvalue weighted by atomic mass is 10.2. The molecule has 0 N–H and O–H groups in total. The van der Waals surface area contributed by atoms with Gasteiger partial charge >= 0.3 is 0 Å². The first-order chi connectivity index (χ1) is 13.8. The Morgan fingerprint density at radius 2 is 1.45 bits per heavy atom. The van der Waals surface area contributed by atoms with Crippen LogP contribution in [0.4, 0.5) is 5.69 Å².